The first kappa shape index (κ1) is 17.1. The van der Waals surface area contributed by atoms with Crippen molar-refractivity contribution in [1.29, 1.82) is 0 Å². The monoisotopic (exact) mass is 298 g/mol. The normalized spacial score (nSPS) is 12.1. The fourth-order valence-electron chi connectivity index (χ4n) is 2.14. The largest absolute Gasteiger partial charge is 0.313 e. The van der Waals surface area contributed by atoms with Crippen LogP contribution < -0.4 is 5.32 Å². The first-order valence-electron chi connectivity index (χ1n) is 7.27. The van der Waals surface area contributed by atoms with Gasteiger partial charge in [-0.2, -0.15) is 4.31 Å². The Labute approximate surface area is 123 Å². The number of nitrogens with one attached hydrogen (secondary N) is 1. The highest BCUT2D eigenvalue weighted by Crippen LogP contribution is 2.21. The molecular formula is C15H26N2O2S. The molecule has 1 rings (SSSR count). The molecule has 0 saturated heterocycles. The Balaban J connectivity index is 3.07. The van der Waals surface area contributed by atoms with Crippen molar-refractivity contribution in [3.63, 3.8) is 0 Å². The number of rotatable bonds is 8. The molecule has 0 aromatic heterocycles. The van der Waals surface area contributed by atoms with Crippen LogP contribution in [0.2, 0.25) is 0 Å². The third kappa shape index (κ3) is 4.04. The van der Waals surface area contributed by atoms with E-state index in [2.05, 4.69) is 12.2 Å². The second-order valence-corrected chi connectivity index (χ2v) is 6.77. The van der Waals surface area contributed by atoms with Gasteiger partial charge in [0.2, 0.25) is 10.0 Å². The lowest BCUT2D eigenvalue weighted by molar-refractivity contribution is 0.444. The molecule has 0 amide bonds. The highest BCUT2D eigenvalue weighted by Gasteiger charge is 2.23. The summed E-state index contributed by atoms with van der Waals surface area (Å²) in [5.74, 6) is 0. The Morgan fingerprint density at radius 3 is 2.35 bits per heavy atom. The molecule has 0 aliphatic heterocycles. The quantitative estimate of drug-likeness (QED) is 0.750. The average molecular weight is 298 g/mol. The summed E-state index contributed by atoms with van der Waals surface area (Å²) in [5, 5.41) is 3.30. The van der Waals surface area contributed by atoms with Crippen molar-refractivity contribution in [1.82, 2.24) is 9.62 Å². The summed E-state index contributed by atoms with van der Waals surface area (Å²) < 4.78 is 26.7. The molecule has 0 atom stereocenters. The fraction of sp³-hybridized carbons (Fsp3) is 0.600. The summed E-state index contributed by atoms with van der Waals surface area (Å²) in [4.78, 5) is 0.428. The van der Waals surface area contributed by atoms with E-state index in [4.69, 9.17) is 0 Å². The molecule has 20 heavy (non-hydrogen) atoms. The molecule has 114 valence electrons. The summed E-state index contributed by atoms with van der Waals surface area (Å²) in [5.41, 5.74) is 1.81. The van der Waals surface area contributed by atoms with Gasteiger partial charge < -0.3 is 5.32 Å². The van der Waals surface area contributed by atoms with Crippen LogP contribution in [0.4, 0.5) is 0 Å². The second kappa shape index (κ2) is 7.76. The van der Waals surface area contributed by atoms with E-state index in [1.807, 2.05) is 32.9 Å². The van der Waals surface area contributed by atoms with Gasteiger partial charge in [0.05, 0.1) is 4.90 Å². The summed E-state index contributed by atoms with van der Waals surface area (Å²) in [7, 11) is -3.38. The zero-order valence-electron chi connectivity index (χ0n) is 12.9. The number of nitrogens with zero attached hydrogens (tertiary/aromatic N) is 1. The van der Waals surface area contributed by atoms with E-state index in [1.54, 1.807) is 6.07 Å². The molecule has 0 heterocycles. The van der Waals surface area contributed by atoms with Crippen LogP contribution in [0.25, 0.3) is 0 Å². The van der Waals surface area contributed by atoms with Crippen LogP contribution in [0.3, 0.4) is 0 Å². The van der Waals surface area contributed by atoms with Crippen LogP contribution in [0.15, 0.2) is 23.1 Å². The molecule has 0 saturated carbocycles. The van der Waals surface area contributed by atoms with Crippen LogP contribution in [0, 0.1) is 6.92 Å². The smallest absolute Gasteiger partial charge is 0.243 e. The van der Waals surface area contributed by atoms with E-state index in [0.29, 0.717) is 24.5 Å². The minimum atomic E-state index is -3.38. The standard InChI is InChI=1S/C15H26N2O2S/c1-5-10-16-12-14-9-8-13(4)15(11-14)20(18,19)17(6-2)7-3/h8-9,11,16H,5-7,10,12H2,1-4H3. The molecule has 0 radical (unpaired) electrons. The van der Waals surface area contributed by atoms with Crippen molar-refractivity contribution in [2.24, 2.45) is 0 Å². The molecule has 5 heteroatoms. The number of hydrogen-bond acceptors (Lipinski definition) is 3. The Kier molecular flexibility index (Phi) is 6.65. The third-order valence-corrected chi connectivity index (χ3v) is 5.52. The van der Waals surface area contributed by atoms with Gasteiger partial charge in [-0.05, 0) is 37.1 Å². The van der Waals surface area contributed by atoms with E-state index >= 15 is 0 Å². The zero-order chi connectivity index (χ0) is 15.2. The van der Waals surface area contributed by atoms with Gasteiger partial charge in [0.1, 0.15) is 0 Å². The molecule has 0 unspecified atom stereocenters. The molecule has 0 fully saturated rings. The van der Waals surface area contributed by atoms with Crippen LogP contribution in [-0.2, 0) is 16.6 Å². The number of benzene rings is 1. The van der Waals surface area contributed by atoms with Crippen LogP contribution in [-0.4, -0.2) is 32.4 Å². The van der Waals surface area contributed by atoms with Crippen LogP contribution >= 0.6 is 0 Å². The summed E-state index contributed by atoms with van der Waals surface area (Å²) in [6.07, 6.45) is 1.07. The summed E-state index contributed by atoms with van der Waals surface area (Å²) >= 11 is 0. The van der Waals surface area contributed by atoms with E-state index < -0.39 is 10.0 Å². The minimum Gasteiger partial charge on any atom is -0.313 e. The summed E-state index contributed by atoms with van der Waals surface area (Å²) in [6.45, 7) is 10.3. The maximum atomic E-state index is 12.6. The fourth-order valence-corrected chi connectivity index (χ4v) is 3.88. The van der Waals surface area contributed by atoms with Gasteiger partial charge in [-0.3, -0.25) is 0 Å². The first-order chi connectivity index (χ1) is 9.47. The molecule has 0 aliphatic rings. The molecule has 0 bridgehead atoms. The van der Waals surface area contributed by atoms with Crippen molar-refractivity contribution < 1.29 is 8.42 Å². The highest BCUT2D eigenvalue weighted by molar-refractivity contribution is 7.89. The Bertz CT molecular complexity index is 523. The number of sulfonamides is 1. The molecule has 0 aliphatic carbocycles. The van der Waals surface area contributed by atoms with Crippen LogP contribution in [0.5, 0.6) is 0 Å². The lowest BCUT2D eigenvalue weighted by Crippen LogP contribution is -2.31. The van der Waals surface area contributed by atoms with Crippen molar-refractivity contribution in [3.05, 3.63) is 29.3 Å². The molecule has 4 nitrogen and oxygen atoms in total. The Morgan fingerprint density at radius 2 is 1.80 bits per heavy atom. The van der Waals surface area contributed by atoms with Gasteiger partial charge in [0.15, 0.2) is 0 Å². The minimum absolute atomic E-state index is 0.428. The topological polar surface area (TPSA) is 49.4 Å². The van der Waals surface area contributed by atoms with Gasteiger partial charge in [-0.25, -0.2) is 8.42 Å². The van der Waals surface area contributed by atoms with E-state index in [9.17, 15) is 8.42 Å². The van der Waals surface area contributed by atoms with E-state index in [1.165, 1.54) is 4.31 Å². The number of hydrogen-bond donors (Lipinski definition) is 1. The van der Waals surface area contributed by atoms with Gasteiger partial charge in [-0.1, -0.05) is 32.9 Å². The van der Waals surface area contributed by atoms with Crippen molar-refractivity contribution in [2.75, 3.05) is 19.6 Å². The first-order valence-corrected chi connectivity index (χ1v) is 8.71. The van der Waals surface area contributed by atoms with Gasteiger partial charge >= 0.3 is 0 Å². The van der Waals surface area contributed by atoms with Crippen LogP contribution in [0.1, 0.15) is 38.3 Å². The highest BCUT2D eigenvalue weighted by atomic mass is 32.2. The average Bonchev–Trinajstić information content (AvgIpc) is 2.41. The van der Waals surface area contributed by atoms with Crippen molar-refractivity contribution in [3.8, 4) is 0 Å². The van der Waals surface area contributed by atoms with Gasteiger partial charge in [0, 0.05) is 19.6 Å². The molecule has 1 N–H and O–H groups in total. The number of aryl methyl sites for hydroxylation is 1. The van der Waals surface area contributed by atoms with Crippen molar-refractivity contribution >= 4 is 10.0 Å². The molecular weight excluding hydrogens is 272 g/mol. The maximum absolute atomic E-state index is 12.6. The third-order valence-electron chi connectivity index (χ3n) is 3.33. The summed E-state index contributed by atoms with van der Waals surface area (Å²) in [6, 6.07) is 5.67. The predicted octanol–water partition coefficient (Wildman–Crippen LogP) is 2.53. The molecule has 1 aromatic rings. The zero-order valence-corrected chi connectivity index (χ0v) is 13.8. The van der Waals surface area contributed by atoms with E-state index in [0.717, 1.165) is 24.1 Å². The predicted molar refractivity (Wildman–Crippen MR) is 83.3 cm³/mol. The van der Waals surface area contributed by atoms with Crippen molar-refractivity contribution in [2.45, 2.75) is 45.6 Å². The molecule has 0 spiro atoms. The maximum Gasteiger partial charge on any atom is 0.243 e. The van der Waals surface area contributed by atoms with Gasteiger partial charge in [0.25, 0.3) is 0 Å². The lowest BCUT2D eigenvalue weighted by Gasteiger charge is -2.20. The molecule has 1 aromatic carbocycles. The second-order valence-electron chi connectivity index (χ2n) is 4.87. The van der Waals surface area contributed by atoms with E-state index in [-0.39, 0.29) is 0 Å². The lowest BCUT2D eigenvalue weighted by atomic mass is 10.1. The Morgan fingerprint density at radius 1 is 1.15 bits per heavy atom. The Hall–Kier alpha value is -0.910. The van der Waals surface area contributed by atoms with Gasteiger partial charge in [-0.15, -0.1) is 0 Å². The SMILES string of the molecule is CCCNCc1ccc(C)c(S(=O)(=O)N(CC)CC)c1.